The van der Waals surface area contributed by atoms with Crippen LogP contribution in [0.25, 0.3) is 6.08 Å². The van der Waals surface area contributed by atoms with Gasteiger partial charge in [0.15, 0.2) is 11.6 Å². The summed E-state index contributed by atoms with van der Waals surface area (Å²) in [6.45, 7) is 2.92. The van der Waals surface area contributed by atoms with Crippen molar-refractivity contribution < 1.29 is 13.9 Å². The third-order valence-electron chi connectivity index (χ3n) is 4.76. The van der Waals surface area contributed by atoms with Crippen LogP contribution in [0.1, 0.15) is 12.5 Å². The minimum absolute atomic E-state index is 0.273. The Balaban J connectivity index is 1.61. The molecular formula is C23H24FN5O2. The number of hydrogen-bond donors (Lipinski definition) is 2. The summed E-state index contributed by atoms with van der Waals surface area (Å²) in [6.07, 6.45) is 7.18. The molecule has 0 bridgehead atoms. The van der Waals surface area contributed by atoms with Crippen molar-refractivity contribution >= 4 is 23.3 Å². The number of fused-ring (bicyclic) bond motifs is 1. The van der Waals surface area contributed by atoms with Crippen LogP contribution in [0.3, 0.4) is 0 Å². The van der Waals surface area contributed by atoms with Gasteiger partial charge in [0.05, 0.1) is 25.0 Å². The highest BCUT2D eigenvalue weighted by molar-refractivity contribution is 6.02. The van der Waals surface area contributed by atoms with E-state index in [0.717, 1.165) is 16.9 Å². The van der Waals surface area contributed by atoms with Gasteiger partial charge in [-0.2, -0.15) is 0 Å². The van der Waals surface area contributed by atoms with Crippen LogP contribution in [0.15, 0.2) is 77.5 Å². The Morgan fingerprint density at radius 3 is 2.81 bits per heavy atom. The topological polar surface area (TPSA) is 75.4 Å². The Morgan fingerprint density at radius 1 is 1.26 bits per heavy atom. The largest absolute Gasteiger partial charge is 0.495 e. The second-order valence-corrected chi connectivity index (χ2v) is 7.04. The number of halogens is 1. The van der Waals surface area contributed by atoms with Crippen LogP contribution in [0.2, 0.25) is 0 Å². The summed E-state index contributed by atoms with van der Waals surface area (Å²) in [5.74, 6) is 1.73. The normalized spacial score (nSPS) is 17.2. The monoisotopic (exact) mass is 421 g/mol. The summed E-state index contributed by atoms with van der Waals surface area (Å²) < 4.78 is 24.8. The standard InChI is InChI=1S/C23H24FN5O2/c1-16(25)15-27-20-8-3-17(13-21(20)30-2)14-22-23-26-9-10-28(29(23)11-12-31-22)19-6-4-18(24)5-7-19/h3-10,13-15,27H,11-12,25H2,1-2H3/b16-15-,22-14-. The first-order valence-electron chi connectivity index (χ1n) is 9.83. The van der Waals surface area contributed by atoms with Crippen LogP contribution in [0, 0.1) is 5.82 Å². The first-order valence-corrected chi connectivity index (χ1v) is 9.83. The Bertz CT molecular complexity index is 1070. The van der Waals surface area contributed by atoms with E-state index in [-0.39, 0.29) is 5.82 Å². The Kier molecular flexibility index (Phi) is 5.79. The van der Waals surface area contributed by atoms with Crippen molar-refractivity contribution in [2.45, 2.75) is 6.92 Å². The fraction of sp³-hybridized carbons (Fsp3) is 0.174. The lowest BCUT2D eigenvalue weighted by Gasteiger charge is -2.41. The zero-order chi connectivity index (χ0) is 21.8. The minimum Gasteiger partial charge on any atom is -0.495 e. The van der Waals surface area contributed by atoms with Gasteiger partial charge in [-0.1, -0.05) is 6.07 Å². The molecule has 31 heavy (non-hydrogen) atoms. The van der Waals surface area contributed by atoms with Crippen LogP contribution in [-0.4, -0.2) is 31.1 Å². The SMILES string of the molecule is COc1cc(/C=C2\OCCN3C2=NC=CN3c2ccc(F)cc2)ccc1N/C=C(/C)N. The number of hydrazine groups is 1. The number of nitrogens with zero attached hydrogens (tertiary/aromatic N) is 3. The first kappa shape index (κ1) is 20.3. The van der Waals surface area contributed by atoms with Gasteiger partial charge in [-0.05, 0) is 55.0 Å². The lowest BCUT2D eigenvalue weighted by Crippen LogP contribution is -2.50. The molecule has 2 aromatic carbocycles. The predicted octanol–water partition coefficient (Wildman–Crippen LogP) is 4.04. The molecular weight excluding hydrogens is 397 g/mol. The fourth-order valence-corrected chi connectivity index (χ4v) is 3.31. The molecule has 0 radical (unpaired) electrons. The Morgan fingerprint density at radius 2 is 2.06 bits per heavy atom. The van der Waals surface area contributed by atoms with Crippen molar-refractivity contribution in [2.75, 3.05) is 30.6 Å². The molecule has 2 heterocycles. The summed E-state index contributed by atoms with van der Waals surface area (Å²) >= 11 is 0. The lowest BCUT2D eigenvalue weighted by atomic mass is 10.1. The van der Waals surface area contributed by atoms with Gasteiger partial charge in [-0.25, -0.2) is 9.38 Å². The average Bonchev–Trinajstić information content (AvgIpc) is 2.78. The van der Waals surface area contributed by atoms with Crippen molar-refractivity contribution in [3.05, 3.63) is 83.9 Å². The van der Waals surface area contributed by atoms with Crippen molar-refractivity contribution in [1.82, 2.24) is 5.01 Å². The zero-order valence-electron chi connectivity index (χ0n) is 17.4. The van der Waals surface area contributed by atoms with Crippen LogP contribution in [0.4, 0.5) is 15.8 Å². The van der Waals surface area contributed by atoms with Gasteiger partial charge in [-0.3, -0.25) is 10.0 Å². The third-order valence-corrected chi connectivity index (χ3v) is 4.76. The van der Waals surface area contributed by atoms with Gasteiger partial charge in [0.2, 0.25) is 0 Å². The fourth-order valence-electron chi connectivity index (χ4n) is 3.31. The van der Waals surface area contributed by atoms with Crippen LogP contribution in [-0.2, 0) is 4.74 Å². The first-order chi connectivity index (χ1) is 15.0. The van der Waals surface area contributed by atoms with E-state index in [1.165, 1.54) is 12.1 Å². The molecule has 2 aromatic rings. The molecule has 3 N–H and O–H groups in total. The number of allylic oxidation sites excluding steroid dienone is 1. The van der Waals surface area contributed by atoms with Crippen LogP contribution < -0.4 is 20.8 Å². The van der Waals surface area contributed by atoms with Crippen molar-refractivity contribution in [3.8, 4) is 5.75 Å². The van der Waals surface area contributed by atoms with Crippen molar-refractivity contribution in [2.24, 2.45) is 10.7 Å². The highest BCUT2D eigenvalue weighted by atomic mass is 19.1. The number of morpholine rings is 1. The summed E-state index contributed by atoms with van der Waals surface area (Å²) in [6, 6.07) is 12.1. The van der Waals surface area contributed by atoms with Gasteiger partial charge in [0.1, 0.15) is 18.2 Å². The molecule has 8 heteroatoms. The smallest absolute Gasteiger partial charge is 0.190 e. The summed E-state index contributed by atoms with van der Waals surface area (Å²) in [7, 11) is 1.62. The third kappa shape index (κ3) is 4.48. The molecule has 0 saturated carbocycles. The van der Waals surface area contributed by atoms with E-state index >= 15 is 0 Å². The van der Waals surface area contributed by atoms with E-state index in [4.69, 9.17) is 15.2 Å². The summed E-state index contributed by atoms with van der Waals surface area (Å²) in [5, 5.41) is 7.07. The maximum absolute atomic E-state index is 13.3. The quantitative estimate of drug-likeness (QED) is 0.759. The summed E-state index contributed by atoms with van der Waals surface area (Å²) in [5.41, 5.74) is 8.91. The number of hydrogen-bond acceptors (Lipinski definition) is 7. The molecule has 0 aromatic heterocycles. The van der Waals surface area contributed by atoms with E-state index in [0.29, 0.717) is 36.2 Å². The molecule has 0 spiro atoms. The Hall–Kier alpha value is -3.94. The highest BCUT2D eigenvalue weighted by Gasteiger charge is 2.29. The van der Waals surface area contributed by atoms with Gasteiger partial charge >= 0.3 is 0 Å². The second-order valence-electron chi connectivity index (χ2n) is 7.04. The zero-order valence-corrected chi connectivity index (χ0v) is 17.4. The van der Waals surface area contributed by atoms with Gasteiger partial charge in [0.25, 0.3) is 0 Å². The number of methoxy groups -OCH3 is 1. The molecule has 1 fully saturated rings. The molecule has 1 saturated heterocycles. The minimum atomic E-state index is -0.273. The number of benzene rings is 2. The molecule has 0 amide bonds. The lowest BCUT2D eigenvalue weighted by molar-refractivity contribution is 0.169. The van der Waals surface area contributed by atoms with Crippen molar-refractivity contribution in [3.63, 3.8) is 0 Å². The van der Waals surface area contributed by atoms with E-state index < -0.39 is 0 Å². The van der Waals surface area contributed by atoms with Gasteiger partial charge < -0.3 is 20.5 Å². The number of amidine groups is 1. The van der Waals surface area contributed by atoms with E-state index in [9.17, 15) is 4.39 Å². The predicted molar refractivity (Wildman–Crippen MR) is 121 cm³/mol. The number of rotatable bonds is 5. The maximum Gasteiger partial charge on any atom is 0.190 e. The molecule has 4 rings (SSSR count). The van der Waals surface area contributed by atoms with Crippen LogP contribution in [0.5, 0.6) is 5.75 Å². The molecule has 2 aliphatic heterocycles. The number of aliphatic imine (C=N–C) groups is 1. The van der Waals surface area contributed by atoms with E-state index in [1.54, 1.807) is 38.6 Å². The highest BCUT2D eigenvalue weighted by Crippen LogP contribution is 2.29. The number of ether oxygens (including phenoxy) is 2. The molecule has 0 atom stereocenters. The van der Waals surface area contributed by atoms with Crippen molar-refractivity contribution in [1.29, 1.82) is 0 Å². The second kappa shape index (κ2) is 8.83. The summed E-state index contributed by atoms with van der Waals surface area (Å²) in [4.78, 5) is 4.52. The number of anilines is 2. The van der Waals surface area contributed by atoms with Crippen LogP contribution >= 0.6 is 0 Å². The number of nitrogens with two attached hydrogens (primary N) is 1. The molecule has 0 aliphatic carbocycles. The van der Waals surface area contributed by atoms with E-state index in [2.05, 4.69) is 10.3 Å². The molecule has 7 nitrogen and oxygen atoms in total. The molecule has 2 aliphatic rings. The van der Waals surface area contributed by atoms with Gasteiger partial charge in [-0.15, -0.1) is 0 Å². The van der Waals surface area contributed by atoms with Gasteiger partial charge in [0, 0.05) is 24.3 Å². The molecule has 0 unspecified atom stereocenters. The Labute approximate surface area is 180 Å². The molecule has 160 valence electrons. The maximum atomic E-state index is 13.3. The average molecular weight is 421 g/mol. The van der Waals surface area contributed by atoms with E-state index in [1.807, 2.05) is 40.5 Å². The number of nitrogens with one attached hydrogen (secondary N) is 1.